The molecular weight excluding hydrogens is 434 g/mol. The smallest absolute Gasteiger partial charge is 0.0460 e. The lowest BCUT2D eigenvalue weighted by molar-refractivity contribution is 0.543. The number of hydrogen-bond donors (Lipinski definition) is 0. The molecule has 0 atom stereocenters. The van der Waals surface area contributed by atoms with Crippen molar-refractivity contribution >= 4 is 11.4 Å². The maximum Gasteiger partial charge on any atom is 0.0460 e. The van der Waals surface area contributed by atoms with Crippen molar-refractivity contribution in [2.75, 3.05) is 4.90 Å². The highest BCUT2D eigenvalue weighted by molar-refractivity contribution is 5.89. The van der Waals surface area contributed by atoms with Crippen LogP contribution >= 0.6 is 0 Å². The maximum absolute atomic E-state index is 2.54. The molecule has 1 aliphatic carbocycles. The summed E-state index contributed by atoms with van der Waals surface area (Å²) in [6, 6.07) is 33.5. The van der Waals surface area contributed by atoms with Crippen LogP contribution in [0, 0.1) is 0 Å². The lowest BCUT2D eigenvalue weighted by Crippen LogP contribution is -2.39. The summed E-state index contributed by atoms with van der Waals surface area (Å²) >= 11 is 0. The van der Waals surface area contributed by atoms with Crippen LogP contribution in [0.5, 0.6) is 0 Å². The Morgan fingerprint density at radius 1 is 0.583 bits per heavy atom. The van der Waals surface area contributed by atoms with Gasteiger partial charge in [0.2, 0.25) is 0 Å². The van der Waals surface area contributed by atoms with E-state index >= 15 is 0 Å². The molecule has 1 heteroatoms. The Kier molecular flexibility index (Phi) is 5.67. The summed E-state index contributed by atoms with van der Waals surface area (Å²) in [5.74, 6) is 0. The Hall–Kier alpha value is -3.32. The number of fused-ring (bicyclic) bond motifs is 3. The van der Waals surface area contributed by atoms with Crippen LogP contribution in [0.3, 0.4) is 0 Å². The van der Waals surface area contributed by atoms with Gasteiger partial charge in [0.05, 0.1) is 0 Å². The van der Waals surface area contributed by atoms with Gasteiger partial charge in [-0.3, -0.25) is 0 Å². The van der Waals surface area contributed by atoms with Gasteiger partial charge in [0.1, 0.15) is 0 Å². The second-order valence-corrected chi connectivity index (χ2v) is 12.7. The molecule has 36 heavy (non-hydrogen) atoms. The van der Waals surface area contributed by atoms with E-state index in [9.17, 15) is 0 Å². The van der Waals surface area contributed by atoms with Gasteiger partial charge in [-0.2, -0.15) is 0 Å². The molecule has 0 unspecified atom stereocenters. The SMILES string of the molecule is CC(C)(C)c1c(N(c2ccc(-c3ccccc3)cc2)C(C)(C)C)ccc2c1-c1ccccc1C2(C)C. The molecular formula is C35H39N. The monoisotopic (exact) mass is 473 g/mol. The van der Waals surface area contributed by atoms with Crippen molar-refractivity contribution in [1.82, 2.24) is 0 Å². The molecule has 4 aromatic rings. The molecule has 0 fully saturated rings. The van der Waals surface area contributed by atoms with Crippen LogP contribution in [-0.2, 0) is 10.8 Å². The number of benzene rings is 4. The fraction of sp³-hybridized carbons (Fsp3) is 0.314. The molecule has 0 bridgehead atoms. The van der Waals surface area contributed by atoms with Gasteiger partial charge in [-0.1, -0.05) is 107 Å². The first kappa shape index (κ1) is 24.4. The minimum absolute atomic E-state index is 0.00560. The normalized spacial score (nSPS) is 14.3. The summed E-state index contributed by atoms with van der Waals surface area (Å²) in [6.07, 6.45) is 0. The lowest BCUT2D eigenvalue weighted by Gasteiger charge is -2.42. The Bertz CT molecular complexity index is 1390. The molecule has 184 valence electrons. The van der Waals surface area contributed by atoms with E-state index in [4.69, 9.17) is 0 Å². The molecule has 1 nitrogen and oxygen atoms in total. The summed E-state index contributed by atoms with van der Waals surface area (Å²) in [7, 11) is 0. The van der Waals surface area contributed by atoms with E-state index in [0.29, 0.717) is 0 Å². The Labute approximate surface area is 217 Å². The van der Waals surface area contributed by atoms with Gasteiger partial charge < -0.3 is 4.90 Å². The number of nitrogens with zero attached hydrogens (tertiary/aromatic N) is 1. The fourth-order valence-electron chi connectivity index (χ4n) is 6.05. The maximum atomic E-state index is 2.54. The van der Waals surface area contributed by atoms with E-state index in [0.717, 1.165) is 0 Å². The fourth-order valence-corrected chi connectivity index (χ4v) is 6.05. The summed E-state index contributed by atoms with van der Waals surface area (Å²) in [4.78, 5) is 2.54. The van der Waals surface area contributed by atoms with Crippen molar-refractivity contribution in [2.45, 2.75) is 71.8 Å². The second kappa shape index (κ2) is 8.37. The van der Waals surface area contributed by atoms with Crippen LogP contribution in [0.1, 0.15) is 72.1 Å². The Balaban J connectivity index is 1.74. The van der Waals surface area contributed by atoms with E-state index in [1.807, 2.05) is 0 Å². The van der Waals surface area contributed by atoms with Crippen molar-refractivity contribution in [3.05, 3.63) is 108 Å². The highest BCUT2D eigenvalue weighted by Gasteiger charge is 2.41. The standard InChI is InChI=1S/C35H39N/c1-33(2,3)32-30(23-22-29-31(32)27-16-12-13-17-28(27)35(29,7)8)36(34(4,5)6)26-20-18-25(19-21-26)24-14-10-9-11-15-24/h9-23H,1-8H3. The quantitative estimate of drug-likeness (QED) is 0.286. The second-order valence-electron chi connectivity index (χ2n) is 12.7. The van der Waals surface area contributed by atoms with Gasteiger partial charge in [-0.25, -0.2) is 0 Å². The molecule has 0 saturated heterocycles. The molecule has 0 heterocycles. The van der Waals surface area contributed by atoms with Crippen molar-refractivity contribution in [2.24, 2.45) is 0 Å². The van der Waals surface area contributed by atoms with E-state index in [1.165, 1.54) is 50.3 Å². The zero-order valence-electron chi connectivity index (χ0n) is 23.1. The molecule has 0 aliphatic heterocycles. The molecule has 1 aliphatic rings. The van der Waals surface area contributed by atoms with Gasteiger partial charge in [0.15, 0.2) is 0 Å². The summed E-state index contributed by atoms with van der Waals surface area (Å²) in [6.45, 7) is 18.8. The number of hydrogen-bond acceptors (Lipinski definition) is 1. The summed E-state index contributed by atoms with van der Waals surface area (Å²) in [5.41, 5.74) is 12.0. The van der Waals surface area contributed by atoms with Crippen molar-refractivity contribution in [3.8, 4) is 22.3 Å². The van der Waals surface area contributed by atoms with Gasteiger partial charge in [0.25, 0.3) is 0 Å². The molecule has 0 aromatic heterocycles. The average molecular weight is 474 g/mol. The zero-order valence-corrected chi connectivity index (χ0v) is 23.1. The van der Waals surface area contributed by atoms with Crippen molar-refractivity contribution in [1.29, 1.82) is 0 Å². The van der Waals surface area contributed by atoms with E-state index in [1.54, 1.807) is 0 Å². The van der Waals surface area contributed by atoms with Crippen molar-refractivity contribution < 1.29 is 0 Å². The van der Waals surface area contributed by atoms with E-state index < -0.39 is 0 Å². The molecule has 4 aromatic carbocycles. The minimum Gasteiger partial charge on any atom is -0.336 e. The van der Waals surface area contributed by atoms with Gasteiger partial charge in [-0.15, -0.1) is 0 Å². The molecule has 5 rings (SSSR count). The van der Waals surface area contributed by atoms with Crippen LogP contribution in [0.2, 0.25) is 0 Å². The third-order valence-corrected chi connectivity index (χ3v) is 7.62. The molecule has 0 saturated carbocycles. The lowest BCUT2D eigenvalue weighted by atomic mass is 9.77. The zero-order chi connectivity index (χ0) is 25.9. The van der Waals surface area contributed by atoms with Gasteiger partial charge in [0, 0.05) is 22.3 Å². The third-order valence-electron chi connectivity index (χ3n) is 7.62. The first-order chi connectivity index (χ1) is 16.9. The number of rotatable bonds is 3. The molecule has 0 amide bonds. The third kappa shape index (κ3) is 3.95. The molecule has 0 spiro atoms. The summed E-state index contributed by atoms with van der Waals surface area (Å²) < 4.78 is 0. The van der Waals surface area contributed by atoms with Crippen LogP contribution < -0.4 is 4.90 Å². The topological polar surface area (TPSA) is 3.24 Å². The van der Waals surface area contributed by atoms with Gasteiger partial charge >= 0.3 is 0 Å². The highest BCUT2D eigenvalue weighted by Crippen LogP contribution is 2.55. The van der Waals surface area contributed by atoms with E-state index in [-0.39, 0.29) is 16.4 Å². The molecule has 0 N–H and O–H groups in total. The van der Waals surface area contributed by atoms with Crippen LogP contribution in [0.15, 0.2) is 91.0 Å². The van der Waals surface area contributed by atoms with E-state index in [2.05, 4.69) is 151 Å². The number of anilines is 2. The minimum atomic E-state index is -0.101. The predicted octanol–water partition coefficient (Wildman–Crippen LogP) is 9.89. The van der Waals surface area contributed by atoms with Crippen LogP contribution in [0.25, 0.3) is 22.3 Å². The largest absolute Gasteiger partial charge is 0.336 e. The first-order valence-electron chi connectivity index (χ1n) is 13.1. The van der Waals surface area contributed by atoms with Gasteiger partial charge in [-0.05, 0) is 83.3 Å². The predicted molar refractivity (Wildman–Crippen MR) is 156 cm³/mol. The first-order valence-corrected chi connectivity index (χ1v) is 13.1. The summed E-state index contributed by atoms with van der Waals surface area (Å²) in [5, 5.41) is 0. The highest BCUT2D eigenvalue weighted by atomic mass is 15.2. The molecule has 0 radical (unpaired) electrons. The van der Waals surface area contributed by atoms with Crippen LogP contribution in [-0.4, -0.2) is 5.54 Å². The van der Waals surface area contributed by atoms with Crippen LogP contribution in [0.4, 0.5) is 11.4 Å². The Morgan fingerprint density at radius 3 is 1.78 bits per heavy atom. The Morgan fingerprint density at radius 2 is 1.17 bits per heavy atom. The van der Waals surface area contributed by atoms with Crippen molar-refractivity contribution in [3.63, 3.8) is 0 Å². The average Bonchev–Trinajstić information content (AvgIpc) is 3.05.